The first kappa shape index (κ1) is 55.0. The van der Waals surface area contributed by atoms with Crippen molar-refractivity contribution in [3.05, 3.63) is 244 Å². The Balaban J connectivity index is 0.000000197. The predicted molar refractivity (Wildman–Crippen MR) is 309 cm³/mol. The summed E-state index contributed by atoms with van der Waals surface area (Å²) in [4.78, 5) is 1.49. The van der Waals surface area contributed by atoms with Gasteiger partial charge in [0.25, 0.3) is 0 Å². The zero-order valence-corrected chi connectivity index (χ0v) is 45.5. The Morgan fingerprint density at radius 2 is 1.16 bits per heavy atom. The van der Waals surface area contributed by atoms with Crippen molar-refractivity contribution in [1.29, 1.82) is 0 Å². The van der Waals surface area contributed by atoms with Gasteiger partial charge in [-0.1, -0.05) is 241 Å². The maximum atomic E-state index is 4.09. The van der Waals surface area contributed by atoms with Gasteiger partial charge in [-0.2, -0.15) is 0 Å². The molecule has 0 heterocycles. The lowest BCUT2D eigenvalue weighted by Gasteiger charge is -2.25. The number of allylic oxidation sites excluding steroid dienone is 5. The topological polar surface area (TPSA) is 0 Å². The van der Waals surface area contributed by atoms with Crippen molar-refractivity contribution >= 4 is 20.8 Å². The highest BCUT2D eigenvalue weighted by Crippen LogP contribution is 2.52. The van der Waals surface area contributed by atoms with Crippen LogP contribution in [0.1, 0.15) is 116 Å². The summed E-state index contributed by atoms with van der Waals surface area (Å²) in [5.41, 5.74) is 18.1. The number of benzene rings is 7. The fourth-order valence-electron chi connectivity index (χ4n) is 8.28. The molecule has 0 spiro atoms. The van der Waals surface area contributed by atoms with Gasteiger partial charge in [0, 0.05) is 5.41 Å². The highest BCUT2D eigenvalue weighted by Gasteiger charge is 2.36. The van der Waals surface area contributed by atoms with Crippen LogP contribution >= 0.6 is 10.0 Å². The fraction of sp³-hybridized carbons (Fsp3) is 0.313. The van der Waals surface area contributed by atoms with E-state index < -0.39 is 10.0 Å². The van der Waals surface area contributed by atoms with Crippen molar-refractivity contribution < 1.29 is 0 Å². The van der Waals surface area contributed by atoms with Crippen LogP contribution in [0, 0.1) is 40.5 Å². The van der Waals surface area contributed by atoms with Crippen molar-refractivity contribution in [1.82, 2.24) is 0 Å². The molecule has 8 rings (SSSR count). The van der Waals surface area contributed by atoms with Gasteiger partial charge < -0.3 is 0 Å². The first-order valence-corrected chi connectivity index (χ1v) is 27.7. The minimum Gasteiger partial charge on any atom is -0.223 e. The predicted octanol–water partition coefficient (Wildman–Crippen LogP) is 19.4. The fourth-order valence-corrected chi connectivity index (χ4v) is 9.24. The molecule has 0 aliphatic heterocycles. The number of hydrogen-bond acceptors (Lipinski definition) is 0. The lowest BCUT2D eigenvalue weighted by Crippen LogP contribution is -2.15. The normalized spacial score (nSPS) is 12.9. The van der Waals surface area contributed by atoms with Gasteiger partial charge in [-0.15, -0.1) is 0 Å². The Morgan fingerprint density at radius 3 is 1.69 bits per heavy atom. The Bertz CT molecular complexity index is 2700. The average Bonchev–Trinajstić information content (AvgIpc) is 3.54. The van der Waals surface area contributed by atoms with E-state index >= 15 is 0 Å². The molecule has 0 amide bonds. The van der Waals surface area contributed by atoms with E-state index in [0.29, 0.717) is 11.8 Å². The summed E-state index contributed by atoms with van der Waals surface area (Å²) in [6, 6.07) is 54.5. The van der Waals surface area contributed by atoms with Crippen molar-refractivity contribution in [3.8, 4) is 11.1 Å². The molecule has 0 nitrogen and oxygen atoms in total. The zero-order valence-electron chi connectivity index (χ0n) is 44.6. The monoisotopic (exact) mass is 921 g/mol. The van der Waals surface area contributed by atoms with E-state index in [1.807, 2.05) is 24.3 Å². The van der Waals surface area contributed by atoms with Gasteiger partial charge in [-0.05, 0) is 162 Å². The number of hydrogen-bond donors (Lipinski definition) is 0. The van der Waals surface area contributed by atoms with Gasteiger partial charge in [0.1, 0.15) is 0 Å². The minimum absolute atomic E-state index is 0.0888. The van der Waals surface area contributed by atoms with Crippen molar-refractivity contribution in [2.24, 2.45) is 5.92 Å². The highest BCUT2D eigenvalue weighted by atomic mass is 32.3. The van der Waals surface area contributed by atoms with Crippen LogP contribution in [0.15, 0.2) is 193 Å². The second kappa shape index (κ2) is 26.2. The van der Waals surface area contributed by atoms with E-state index in [4.69, 9.17) is 0 Å². The van der Waals surface area contributed by atoms with Crippen LogP contribution in [-0.4, -0.2) is 18.8 Å². The first-order chi connectivity index (χ1) is 32.3. The maximum absolute atomic E-state index is 4.09. The van der Waals surface area contributed by atoms with Gasteiger partial charge in [0.05, 0.1) is 0 Å². The summed E-state index contributed by atoms with van der Waals surface area (Å²) in [5.74, 6) is 1.23. The smallest absolute Gasteiger partial charge is 0.0159 e. The molecule has 68 heavy (non-hydrogen) atoms. The molecule has 0 N–H and O–H groups in total. The molecule has 1 atom stereocenters. The second-order valence-electron chi connectivity index (χ2n) is 20.2. The highest BCUT2D eigenvalue weighted by molar-refractivity contribution is 8.32. The van der Waals surface area contributed by atoms with Gasteiger partial charge >= 0.3 is 0 Å². The summed E-state index contributed by atoms with van der Waals surface area (Å²) >= 11 is 0. The molecule has 0 bridgehead atoms. The summed E-state index contributed by atoms with van der Waals surface area (Å²) in [7, 11) is -0.520. The van der Waals surface area contributed by atoms with Gasteiger partial charge in [-0.25, -0.2) is 10.0 Å². The maximum Gasteiger partial charge on any atom is 0.0159 e. The Morgan fingerprint density at radius 1 is 0.588 bits per heavy atom. The molecule has 7 aromatic carbocycles. The number of rotatable bonds is 9. The molecular weight excluding hydrogens is 837 g/mol. The van der Waals surface area contributed by atoms with Crippen LogP contribution in [0.3, 0.4) is 0 Å². The zero-order chi connectivity index (χ0) is 50.0. The molecular formula is C67H84S. The lowest BCUT2D eigenvalue weighted by molar-refractivity contribution is 0.659. The standard InChI is InChI=1S/C21H20.C20H28.C10H16S.C9H12.C7H8/c1-13-9-10-17-18(11-13)21(3,4)19-12-14(2)15-7-5-6-8-16(15)20(17)19;1-6-16(3)17(4)11-9-8-10-12-20-14-13-19(7-2)15-18(20)5;1-9-5-7-10(8-6-9)11(2,3)4;1-8(2)9-6-4-3-5-7-9;1-7-5-3-2-4-6-7/h5-12H,1-4H3;8-11,13-16H,4,6-7,12H2,1-3,5H3;5-8H,1-4H3;3-8H,1-2H3;2-6H,1H3/b;10-8-,11-9-;;;. The number of aryl methyl sites for hydroxylation is 6. The van der Waals surface area contributed by atoms with Crippen LogP contribution in [0.5, 0.6) is 0 Å². The molecule has 1 aliphatic rings. The Labute approximate surface area is 416 Å². The van der Waals surface area contributed by atoms with Gasteiger partial charge in [0.2, 0.25) is 0 Å². The van der Waals surface area contributed by atoms with Gasteiger partial charge in [0.15, 0.2) is 0 Å². The molecule has 0 saturated carbocycles. The van der Waals surface area contributed by atoms with Crippen LogP contribution in [0.2, 0.25) is 0 Å². The van der Waals surface area contributed by atoms with E-state index in [9.17, 15) is 0 Å². The van der Waals surface area contributed by atoms with Crippen LogP contribution in [0.25, 0.3) is 21.9 Å². The van der Waals surface area contributed by atoms with E-state index in [0.717, 1.165) is 19.3 Å². The first-order valence-electron chi connectivity index (χ1n) is 24.8. The van der Waals surface area contributed by atoms with Crippen LogP contribution in [0.4, 0.5) is 0 Å². The molecule has 1 heteroatoms. The van der Waals surface area contributed by atoms with Crippen molar-refractivity contribution in [3.63, 3.8) is 0 Å². The van der Waals surface area contributed by atoms with E-state index in [1.54, 1.807) is 0 Å². The van der Waals surface area contributed by atoms with E-state index in [-0.39, 0.29) is 5.41 Å². The van der Waals surface area contributed by atoms with Crippen molar-refractivity contribution in [2.45, 2.75) is 119 Å². The molecule has 7 aromatic rings. The third kappa shape index (κ3) is 16.0. The minimum atomic E-state index is -0.520. The second-order valence-corrected chi connectivity index (χ2v) is 24.3. The van der Waals surface area contributed by atoms with E-state index in [2.05, 4.69) is 260 Å². The summed E-state index contributed by atoms with van der Waals surface area (Å²) < 4.78 is 0. The van der Waals surface area contributed by atoms with E-state index in [1.165, 1.54) is 88.0 Å². The third-order valence-corrected chi connectivity index (χ3v) is 14.8. The molecule has 0 aromatic heterocycles. The SMILES string of the molecule is C=C(/C=C\C=C/Cc1ccc(CC)cc1C)C(C)CC.CC(C)c1ccccc1.Cc1ccc(S(C)(C)C)cc1.Cc1ccc2c(c1)C(C)(C)c1cc(C)c3ccccc3c1-2.Cc1ccccc1. The van der Waals surface area contributed by atoms with Crippen LogP contribution in [-0.2, 0) is 18.3 Å². The summed E-state index contributed by atoms with van der Waals surface area (Å²) in [6.07, 6.45) is 18.8. The molecule has 0 fully saturated rings. The average molecular weight is 921 g/mol. The molecule has 0 radical (unpaired) electrons. The quantitative estimate of drug-likeness (QED) is 0.127. The Kier molecular flexibility index (Phi) is 21.2. The Hall–Kier alpha value is -5.63. The van der Waals surface area contributed by atoms with Gasteiger partial charge in [-0.3, -0.25) is 0 Å². The summed E-state index contributed by atoms with van der Waals surface area (Å²) in [6.45, 7) is 30.6. The molecule has 358 valence electrons. The van der Waals surface area contributed by atoms with Crippen LogP contribution < -0.4 is 0 Å². The molecule has 1 unspecified atom stereocenters. The number of fused-ring (bicyclic) bond motifs is 5. The summed E-state index contributed by atoms with van der Waals surface area (Å²) in [5, 5.41) is 2.77. The third-order valence-electron chi connectivity index (χ3n) is 13.1. The molecule has 1 aliphatic carbocycles. The molecule has 0 saturated heterocycles. The van der Waals surface area contributed by atoms with Crippen molar-refractivity contribution in [2.75, 3.05) is 18.8 Å². The largest absolute Gasteiger partial charge is 0.223 e. The lowest BCUT2D eigenvalue weighted by atomic mass is 9.81.